The Morgan fingerprint density at radius 3 is 2.40 bits per heavy atom. The summed E-state index contributed by atoms with van der Waals surface area (Å²) in [4.78, 5) is 29.5. The van der Waals surface area contributed by atoms with Crippen LogP contribution in [0.1, 0.15) is 46.7 Å². The van der Waals surface area contributed by atoms with E-state index >= 15 is 0 Å². The van der Waals surface area contributed by atoms with E-state index in [9.17, 15) is 9.18 Å². The molecule has 0 aliphatic carbocycles. The van der Waals surface area contributed by atoms with E-state index < -0.39 is 11.7 Å². The number of nitrogens with one attached hydrogen (secondary N) is 3. The van der Waals surface area contributed by atoms with Crippen LogP contribution in [0.25, 0.3) is 22.6 Å². The number of halogens is 1. The van der Waals surface area contributed by atoms with Crippen molar-refractivity contribution in [3.8, 4) is 22.6 Å². The molecule has 0 saturated carbocycles. The van der Waals surface area contributed by atoms with Gasteiger partial charge in [-0.25, -0.2) is 19.3 Å². The van der Waals surface area contributed by atoms with Crippen LogP contribution in [0.15, 0.2) is 36.5 Å². The van der Waals surface area contributed by atoms with Gasteiger partial charge in [0.1, 0.15) is 5.82 Å². The first-order valence-electron chi connectivity index (χ1n) is 11.6. The quantitative estimate of drug-likeness (QED) is 0.465. The number of H-pyrrole nitrogens is 1. The highest BCUT2D eigenvalue weighted by atomic mass is 19.1. The SMILES string of the molecule is CC(C)NC(=O)C1(C)COC(c2nc(-c3ccc(F)cc3)c(-c3ccnc(NC(C)C)n3)[nH]2)OC1. The maximum absolute atomic E-state index is 13.6. The number of amides is 1. The van der Waals surface area contributed by atoms with Crippen molar-refractivity contribution in [3.05, 3.63) is 48.2 Å². The molecule has 2 aromatic heterocycles. The van der Waals surface area contributed by atoms with Crippen molar-refractivity contribution in [3.63, 3.8) is 0 Å². The third-order valence-electron chi connectivity index (χ3n) is 5.47. The Balaban J connectivity index is 1.65. The van der Waals surface area contributed by atoms with Crippen LogP contribution in [0.5, 0.6) is 0 Å². The summed E-state index contributed by atoms with van der Waals surface area (Å²) in [6.45, 7) is 9.98. The second-order valence-electron chi connectivity index (χ2n) is 9.56. The van der Waals surface area contributed by atoms with Crippen molar-refractivity contribution in [2.75, 3.05) is 18.5 Å². The van der Waals surface area contributed by atoms with Gasteiger partial charge >= 0.3 is 0 Å². The molecule has 1 saturated heterocycles. The molecule has 0 unspecified atom stereocenters. The molecule has 3 aromatic rings. The lowest BCUT2D eigenvalue weighted by Gasteiger charge is -2.35. The Kier molecular flexibility index (Phi) is 7.13. The molecule has 0 atom stereocenters. The van der Waals surface area contributed by atoms with Crippen molar-refractivity contribution in [1.82, 2.24) is 25.3 Å². The van der Waals surface area contributed by atoms with Gasteiger partial charge in [0, 0.05) is 23.8 Å². The Hall–Kier alpha value is -3.37. The lowest BCUT2D eigenvalue weighted by molar-refractivity contribution is -0.231. The maximum atomic E-state index is 13.6. The van der Waals surface area contributed by atoms with E-state index in [2.05, 4.69) is 25.6 Å². The molecule has 1 fully saturated rings. The number of aromatic amines is 1. The molecular weight excluding hydrogens is 451 g/mol. The molecule has 186 valence electrons. The number of ether oxygens (including phenoxy) is 2. The summed E-state index contributed by atoms with van der Waals surface area (Å²) in [5.74, 6) is 0.456. The highest BCUT2D eigenvalue weighted by Gasteiger charge is 2.41. The Morgan fingerprint density at radius 2 is 1.77 bits per heavy atom. The summed E-state index contributed by atoms with van der Waals surface area (Å²) < 4.78 is 25.5. The van der Waals surface area contributed by atoms with Gasteiger partial charge in [0.05, 0.1) is 35.7 Å². The lowest BCUT2D eigenvalue weighted by atomic mass is 9.90. The highest BCUT2D eigenvalue weighted by molar-refractivity contribution is 5.83. The molecule has 3 heterocycles. The van der Waals surface area contributed by atoms with Crippen molar-refractivity contribution in [2.24, 2.45) is 5.41 Å². The largest absolute Gasteiger partial charge is 0.353 e. The summed E-state index contributed by atoms with van der Waals surface area (Å²) in [6, 6.07) is 8.02. The minimum absolute atomic E-state index is 0.0193. The maximum Gasteiger partial charge on any atom is 0.230 e. The fraction of sp³-hybridized carbons (Fsp3) is 0.440. The molecule has 1 aromatic carbocycles. The minimum Gasteiger partial charge on any atom is -0.353 e. The Bertz CT molecular complexity index is 1170. The van der Waals surface area contributed by atoms with Crippen molar-refractivity contribution in [1.29, 1.82) is 0 Å². The molecule has 9 nitrogen and oxygen atoms in total. The van der Waals surface area contributed by atoms with E-state index in [1.54, 1.807) is 24.4 Å². The smallest absolute Gasteiger partial charge is 0.230 e. The van der Waals surface area contributed by atoms with Gasteiger partial charge in [0.25, 0.3) is 0 Å². The van der Waals surface area contributed by atoms with Gasteiger partial charge in [0.2, 0.25) is 18.1 Å². The molecule has 1 amide bonds. The van der Waals surface area contributed by atoms with Crippen LogP contribution in [0.2, 0.25) is 0 Å². The number of hydrogen-bond acceptors (Lipinski definition) is 7. The number of aromatic nitrogens is 4. The summed E-state index contributed by atoms with van der Waals surface area (Å²) in [5, 5.41) is 6.11. The number of hydrogen-bond donors (Lipinski definition) is 3. The normalized spacial score (nSPS) is 20.3. The fourth-order valence-electron chi connectivity index (χ4n) is 3.67. The van der Waals surface area contributed by atoms with Crippen LogP contribution < -0.4 is 10.6 Å². The molecule has 1 aliphatic heterocycles. The Labute approximate surface area is 203 Å². The second-order valence-corrected chi connectivity index (χ2v) is 9.56. The van der Waals surface area contributed by atoms with Crippen LogP contribution in [-0.2, 0) is 14.3 Å². The molecule has 4 rings (SSSR count). The monoisotopic (exact) mass is 482 g/mol. The first-order chi connectivity index (χ1) is 16.6. The number of carbonyl (C=O) groups excluding carboxylic acids is 1. The van der Waals surface area contributed by atoms with E-state index in [1.165, 1.54) is 12.1 Å². The number of nitrogens with zero attached hydrogens (tertiary/aromatic N) is 3. The molecular formula is C25H31FN6O3. The zero-order chi connectivity index (χ0) is 25.2. The second kappa shape index (κ2) is 10.1. The van der Waals surface area contributed by atoms with Gasteiger partial charge in [-0.2, -0.15) is 0 Å². The van der Waals surface area contributed by atoms with E-state index in [1.807, 2.05) is 34.6 Å². The summed E-state index contributed by atoms with van der Waals surface area (Å²) in [5.41, 5.74) is 1.71. The molecule has 1 aliphatic rings. The van der Waals surface area contributed by atoms with Gasteiger partial charge in [-0.15, -0.1) is 0 Å². The average molecular weight is 483 g/mol. The fourth-order valence-corrected chi connectivity index (χ4v) is 3.67. The first kappa shape index (κ1) is 24.7. The van der Waals surface area contributed by atoms with Crippen LogP contribution >= 0.6 is 0 Å². The van der Waals surface area contributed by atoms with E-state index in [-0.39, 0.29) is 37.0 Å². The zero-order valence-electron chi connectivity index (χ0n) is 20.6. The number of rotatable bonds is 7. The minimum atomic E-state index is -0.806. The van der Waals surface area contributed by atoms with Gasteiger partial charge in [0.15, 0.2) is 5.82 Å². The van der Waals surface area contributed by atoms with E-state index in [4.69, 9.17) is 14.5 Å². The van der Waals surface area contributed by atoms with Gasteiger partial charge in [-0.1, -0.05) is 0 Å². The van der Waals surface area contributed by atoms with Crippen LogP contribution in [0.3, 0.4) is 0 Å². The van der Waals surface area contributed by atoms with E-state index in [0.29, 0.717) is 34.4 Å². The molecule has 0 bridgehead atoms. The van der Waals surface area contributed by atoms with Gasteiger partial charge in [-0.05, 0) is 65.0 Å². The lowest BCUT2D eigenvalue weighted by Crippen LogP contribution is -2.50. The highest BCUT2D eigenvalue weighted by Crippen LogP contribution is 2.35. The van der Waals surface area contributed by atoms with Crippen LogP contribution in [0, 0.1) is 11.2 Å². The number of anilines is 1. The van der Waals surface area contributed by atoms with E-state index in [0.717, 1.165) is 0 Å². The van der Waals surface area contributed by atoms with Crippen molar-refractivity contribution in [2.45, 2.75) is 53.0 Å². The zero-order valence-corrected chi connectivity index (χ0v) is 20.6. The van der Waals surface area contributed by atoms with Crippen molar-refractivity contribution < 1.29 is 18.7 Å². The number of imidazole rings is 1. The predicted octanol–water partition coefficient (Wildman–Crippen LogP) is 4.07. The van der Waals surface area contributed by atoms with Gasteiger partial charge in [-0.3, -0.25) is 4.79 Å². The standard InChI is InChI=1S/C25H31FN6O3/c1-14(2)28-23(33)25(5)12-34-22(35-13-25)21-31-19(16-6-8-17(26)9-7-16)20(32-21)18-10-11-27-24(30-18)29-15(3)4/h6-11,14-15,22H,12-13H2,1-5H3,(H,28,33)(H,31,32)(H,27,29,30). The average Bonchev–Trinajstić information content (AvgIpc) is 3.25. The summed E-state index contributed by atoms with van der Waals surface area (Å²) in [6.07, 6.45) is 0.868. The topological polar surface area (TPSA) is 114 Å². The number of benzene rings is 1. The number of carbonyl (C=O) groups is 1. The molecule has 3 N–H and O–H groups in total. The third-order valence-corrected chi connectivity index (χ3v) is 5.47. The third kappa shape index (κ3) is 5.66. The van der Waals surface area contributed by atoms with Crippen molar-refractivity contribution >= 4 is 11.9 Å². The predicted molar refractivity (Wildman–Crippen MR) is 130 cm³/mol. The Morgan fingerprint density at radius 1 is 1.09 bits per heavy atom. The first-order valence-corrected chi connectivity index (χ1v) is 11.6. The van der Waals surface area contributed by atoms with Crippen LogP contribution in [0.4, 0.5) is 10.3 Å². The molecule has 10 heteroatoms. The van der Waals surface area contributed by atoms with Gasteiger partial charge < -0.3 is 25.1 Å². The molecule has 0 spiro atoms. The molecule has 35 heavy (non-hydrogen) atoms. The summed E-state index contributed by atoms with van der Waals surface area (Å²) >= 11 is 0. The van der Waals surface area contributed by atoms with Crippen LogP contribution in [-0.4, -0.2) is 51.1 Å². The summed E-state index contributed by atoms with van der Waals surface area (Å²) in [7, 11) is 0. The molecule has 0 radical (unpaired) electrons.